The normalized spacial score (nSPS) is 20.9. The molecule has 0 spiro atoms. The zero-order chi connectivity index (χ0) is 14.9. The van der Waals surface area contributed by atoms with E-state index in [4.69, 9.17) is 0 Å². The van der Waals surface area contributed by atoms with Crippen LogP contribution in [0.3, 0.4) is 0 Å². The molecule has 4 heterocycles. The second-order valence-electron chi connectivity index (χ2n) is 4.93. The highest BCUT2D eigenvalue weighted by Gasteiger charge is 2.36. The molecule has 9 heteroatoms. The first-order chi connectivity index (χ1) is 10.8. The summed E-state index contributed by atoms with van der Waals surface area (Å²) in [6.45, 7) is 3.05. The van der Waals surface area contributed by atoms with Gasteiger partial charge in [0.05, 0.1) is 17.5 Å². The van der Waals surface area contributed by atoms with Crippen LogP contribution in [0, 0.1) is 0 Å². The first-order valence-electron chi connectivity index (χ1n) is 6.93. The van der Waals surface area contributed by atoms with Crippen molar-refractivity contribution in [1.82, 2.24) is 20.2 Å². The molecule has 110 valence electrons. The molecular weight excluding hydrogens is 284 g/mol. The number of dihydropyridines is 1. The summed E-state index contributed by atoms with van der Waals surface area (Å²) in [5, 5.41) is 14.7. The van der Waals surface area contributed by atoms with Crippen molar-refractivity contribution in [3.05, 3.63) is 30.0 Å². The second-order valence-corrected chi connectivity index (χ2v) is 4.93. The van der Waals surface area contributed by atoms with Crippen LogP contribution in [0.4, 0.5) is 0 Å². The van der Waals surface area contributed by atoms with E-state index >= 15 is 0 Å². The lowest BCUT2D eigenvalue weighted by Crippen LogP contribution is -2.45. The molecule has 1 amide bonds. The van der Waals surface area contributed by atoms with E-state index in [0.29, 0.717) is 22.7 Å². The van der Waals surface area contributed by atoms with Crippen molar-refractivity contribution in [3.8, 4) is 0 Å². The van der Waals surface area contributed by atoms with Gasteiger partial charge in [-0.2, -0.15) is 4.99 Å². The summed E-state index contributed by atoms with van der Waals surface area (Å²) in [5.74, 6) is -0.0955. The predicted molar refractivity (Wildman–Crippen MR) is 78.1 cm³/mol. The number of piperazine rings is 1. The lowest BCUT2D eigenvalue weighted by Gasteiger charge is -2.32. The summed E-state index contributed by atoms with van der Waals surface area (Å²) >= 11 is 0. The van der Waals surface area contributed by atoms with E-state index in [1.165, 1.54) is 0 Å². The number of nitrogens with zero attached hydrogens (tertiary/aromatic N) is 7. The van der Waals surface area contributed by atoms with Gasteiger partial charge >= 0.3 is 0 Å². The maximum absolute atomic E-state index is 12.5. The molecule has 1 N–H and O–H groups in total. The van der Waals surface area contributed by atoms with Crippen LogP contribution in [-0.2, 0) is 4.79 Å². The second kappa shape index (κ2) is 5.19. The van der Waals surface area contributed by atoms with E-state index in [2.05, 4.69) is 35.7 Å². The van der Waals surface area contributed by atoms with Gasteiger partial charge in [0.1, 0.15) is 11.4 Å². The van der Waals surface area contributed by atoms with Gasteiger partial charge < -0.3 is 10.2 Å². The average molecular weight is 296 g/mol. The van der Waals surface area contributed by atoms with Gasteiger partial charge in [-0.1, -0.05) is 0 Å². The molecule has 0 bridgehead atoms. The quantitative estimate of drug-likeness (QED) is 0.816. The van der Waals surface area contributed by atoms with E-state index < -0.39 is 0 Å². The van der Waals surface area contributed by atoms with Gasteiger partial charge in [-0.15, -0.1) is 10.2 Å². The van der Waals surface area contributed by atoms with Crippen LogP contribution in [0.15, 0.2) is 44.7 Å². The Morgan fingerprint density at radius 2 is 2.05 bits per heavy atom. The predicted octanol–water partition coefficient (Wildman–Crippen LogP) is -0.147. The van der Waals surface area contributed by atoms with Crippen molar-refractivity contribution in [2.75, 3.05) is 26.2 Å². The van der Waals surface area contributed by atoms with Crippen molar-refractivity contribution in [1.29, 1.82) is 0 Å². The van der Waals surface area contributed by atoms with Crippen LogP contribution in [0.1, 0.15) is 5.69 Å². The molecule has 0 unspecified atom stereocenters. The Morgan fingerprint density at radius 1 is 1.18 bits per heavy atom. The Kier molecular flexibility index (Phi) is 3.04. The van der Waals surface area contributed by atoms with Crippen LogP contribution in [0.2, 0.25) is 0 Å². The number of aromatic nitrogens is 2. The molecule has 3 aliphatic heterocycles. The number of rotatable bonds is 2. The number of carbonyl (C=O) groups is 1. The van der Waals surface area contributed by atoms with Crippen LogP contribution in [-0.4, -0.2) is 58.5 Å². The number of hydrogen-bond acceptors (Lipinski definition) is 8. The van der Waals surface area contributed by atoms with Gasteiger partial charge in [-0.25, -0.2) is 0 Å². The third kappa shape index (κ3) is 2.02. The van der Waals surface area contributed by atoms with Crippen LogP contribution >= 0.6 is 0 Å². The molecule has 0 saturated carbocycles. The third-order valence-corrected chi connectivity index (χ3v) is 3.63. The number of amides is 1. The van der Waals surface area contributed by atoms with Gasteiger partial charge in [0.2, 0.25) is 5.84 Å². The van der Waals surface area contributed by atoms with Crippen molar-refractivity contribution >= 4 is 23.0 Å². The zero-order valence-corrected chi connectivity index (χ0v) is 11.6. The van der Waals surface area contributed by atoms with Crippen molar-refractivity contribution < 1.29 is 4.79 Å². The molecule has 3 aliphatic rings. The minimum Gasteiger partial charge on any atom is -0.364 e. The molecule has 1 fully saturated rings. The fourth-order valence-electron chi connectivity index (χ4n) is 2.66. The number of nitrogens with one attached hydrogen (secondary N) is 1. The van der Waals surface area contributed by atoms with E-state index in [9.17, 15) is 4.79 Å². The van der Waals surface area contributed by atoms with Gasteiger partial charge in [-0.3, -0.25) is 14.8 Å². The van der Waals surface area contributed by atoms with Gasteiger partial charge in [-0.05, 0) is 5.22 Å². The van der Waals surface area contributed by atoms with Gasteiger partial charge in [0, 0.05) is 38.6 Å². The van der Waals surface area contributed by atoms with Crippen LogP contribution < -0.4 is 5.32 Å². The summed E-state index contributed by atoms with van der Waals surface area (Å²) in [5.41, 5.74) is 2.16. The molecule has 0 atom stereocenters. The van der Waals surface area contributed by atoms with Crippen molar-refractivity contribution in [2.45, 2.75) is 0 Å². The summed E-state index contributed by atoms with van der Waals surface area (Å²) in [7, 11) is 0. The van der Waals surface area contributed by atoms with Crippen LogP contribution in [0.5, 0.6) is 0 Å². The highest BCUT2D eigenvalue weighted by molar-refractivity contribution is 6.61. The summed E-state index contributed by atoms with van der Waals surface area (Å²) in [4.78, 5) is 26.9. The van der Waals surface area contributed by atoms with Gasteiger partial charge in [0.15, 0.2) is 0 Å². The topological polar surface area (TPSA) is 108 Å². The van der Waals surface area contributed by atoms with Crippen molar-refractivity contribution in [3.63, 3.8) is 0 Å². The van der Waals surface area contributed by atoms with Crippen molar-refractivity contribution in [2.24, 2.45) is 20.4 Å². The fourth-order valence-corrected chi connectivity index (χ4v) is 2.66. The minimum absolute atomic E-state index is 0.240. The largest absolute Gasteiger partial charge is 0.364 e. The molecule has 1 saturated heterocycles. The molecule has 0 aliphatic carbocycles. The standard InChI is InChI=1S/C13H12N8O/c22-13-11(21-5-3-14-4-6-21)9(8-7-15-1-2-16-8)10-12(17-13)19-20-18-10/h1-2,7,14H,3-6H2. The first kappa shape index (κ1) is 12.9. The van der Waals surface area contributed by atoms with E-state index in [-0.39, 0.29) is 11.7 Å². The van der Waals surface area contributed by atoms with E-state index in [1.54, 1.807) is 18.6 Å². The molecular formula is C13H12N8O. The Bertz CT molecular complexity index is 743. The molecule has 4 rings (SSSR count). The lowest BCUT2D eigenvalue weighted by atomic mass is 9.99. The molecule has 9 nitrogen and oxygen atoms in total. The monoisotopic (exact) mass is 296 g/mol. The highest BCUT2D eigenvalue weighted by Crippen LogP contribution is 2.29. The number of fused-ring (bicyclic) bond motifs is 1. The molecule has 1 aromatic heterocycles. The Morgan fingerprint density at radius 3 is 2.82 bits per heavy atom. The fraction of sp³-hybridized carbons (Fsp3) is 0.308. The minimum atomic E-state index is -0.336. The summed E-state index contributed by atoms with van der Waals surface area (Å²) < 4.78 is 0. The number of hydrogen-bond donors (Lipinski definition) is 1. The maximum Gasteiger partial charge on any atom is 0.296 e. The Balaban J connectivity index is 1.89. The van der Waals surface area contributed by atoms with Gasteiger partial charge in [0.25, 0.3) is 5.91 Å². The van der Waals surface area contributed by atoms with E-state index in [0.717, 1.165) is 26.2 Å². The smallest absolute Gasteiger partial charge is 0.296 e. The lowest BCUT2D eigenvalue weighted by molar-refractivity contribution is -0.115. The number of aliphatic imine (C=N–C) groups is 1. The Labute approximate surface area is 125 Å². The molecule has 22 heavy (non-hydrogen) atoms. The Hall–Kier alpha value is -2.81. The maximum atomic E-state index is 12.5. The summed E-state index contributed by atoms with van der Waals surface area (Å²) in [6, 6.07) is 0. The SMILES string of the molecule is O=C1N=C2N=NN=C2C(c2cnccn2)=C1N1CCNCC1. The van der Waals surface area contributed by atoms with Crippen LogP contribution in [0.25, 0.3) is 5.57 Å². The highest BCUT2D eigenvalue weighted by atomic mass is 16.1. The molecule has 0 aromatic carbocycles. The number of carbonyl (C=O) groups excluding carboxylic acids is 1. The first-order valence-corrected chi connectivity index (χ1v) is 6.93. The number of amidine groups is 1. The third-order valence-electron chi connectivity index (χ3n) is 3.63. The zero-order valence-electron chi connectivity index (χ0n) is 11.6. The molecule has 0 radical (unpaired) electrons. The van der Waals surface area contributed by atoms with E-state index in [1.807, 2.05) is 4.90 Å². The summed E-state index contributed by atoms with van der Waals surface area (Å²) in [6.07, 6.45) is 4.77. The average Bonchev–Trinajstić information content (AvgIpc) is 3.03. The molecule has 1 aromatic rings.